The second kappa shape index (κ2) is 295. The van der Waals surface area contributed by atoms with Crippen LogP contribution in [-0.4, -0.2) is 83.8 Å². The van der Waals surface area contributed by atoms with Gasteiger partial charge in [-0.2, -0.15) is 0 Å². The largest absolute Gasteiger partial charge is 2.00 e. The Morgan fingerprint density at radius 2 is 0.375 bits per heavy atom. The molecule has 13 N–H and O–H groups in total. The van der Waals surface area contributed by atoms with Crippen LogP contribution in [0.3, 0.4) is 0 Å². The quantitative estimate of drug-likeness (QED) is 0.352. The van der Waals surface area contributed by atoms with Crippen molar-refractivity contribution in [2.45, 2.75) is 0 Å². The first-order valence-electron chi connectivity index (χ1n) is 0. The zero-order valence-electron chi connectivity index (χ0n) is 4.15. The normalized spacial score (nSPS) is 0. The molecule has 56 valence electrons. The summed E-state index contributed by atoms with van der Waals surface area (Å²) in [6.07, 6.45) is 0. The number of rotatable bonds is 0. The molecule has 0 unspecified atom stereocenters. The monoisotopic (exact) mass is 213 g/mol. The third-order valence-corrected chi connectivity index (χ3v) is 0. The van der Waals surface area contributed by atoms with E-state index in [1.54, 1.807) is 0 Å². The van der Waals surface area contributed by atoms with E-state index in [1.807, 2.05) is 0 Å². The molecule has 0 heterocycles. The summed E-state index contributed by atoms with van der Waals surface area (Å²) in [6, 6.07) is 0. The van der Waals surface area contributed by atoms with Crippen LogP contribution in [0.15, 0.2) is 0 Å². The van der Waals surface area contributed by atoms with Gasteiger partial charge in [0.2, 0.25) is 0 Å². The molecule has 0 saturated heterocycles. The van der Waals surface area contributed by atoms with Crippen molar-refractivity contribution in [2.75, 3.05) is 0 Å². The van der Waals surface area contributed by atoms with Gasteiger partial charge in [-0.3, -0.25) is 0 Å². The Morgan fingerprint density at radius 3 is 0.375 bits per heavy atom. The maximum atomic E-state index is 0. The van der Waals surface area contributed by atoms with E-state index in [-0.39, 0.29) is 83.8 Å². The third kappa shape index (κ3) is 192. The average molecular weight is 213 g/mol. The van der Waals surface area contributed by atoms with Crippen LogP contribution in [0.1, 0.15) is 0 Å². The van der Waals surface area contributed by atoms with Crippen molar-refractivity contribution < 1.29 is 38.3 Å². The molecule has 0 aliphatic carbocycles. The molecule has 0 amide bonds. The van der Waals surface area contributed by atoms with E-state index in [1.165, 1.54) is 0 Å². The minimum absolute atomic E-state index is 0. The predicted octanol–water partition coefficient (Wildman–Crippen LogP) is -5.51. The fourth-order valence-corrected chi connectivity index (χ4v) is 0. The Balaban J connectivity index is 0. The summed E-state index contributed by atoms with van der Waals surface area (Å²) in [4.78, 5) is 0. The van der Waals surface area contributed by atoms with Crippen LogP contribution in [0.2, 0.25) is 0 Å². The van der Waals surface area contributed by atoms with Gasteiger partial charge in [-0.1, -0.05) is 0 Å². The summed E-state index contributed by atoms with van der Waals surface area (Å²) < 4.78 is 0. The van der Waals surface area contributed by atoms with Crippen LogP contribution >= 0.6 is 0 Å². The second-order valence-corrected chi connectivity index (χ2v) is 0. The molecule has 8 heteroatoms. The zero-order chi connectivity index (χ0) is 0. The van der Waals surface area contributed by atoms with E-state index in [9.17, 15) is 0 Å². The van der Waals surface area contributed by atoms with Crippen LogP contribution < -0.4 is 0 Å². The van der Waals surface area contributed by atoms with Crippen molar-refractivity contribution >= 4 is 45.5 Å². The van der Waals surface area contributed by atoms with Crippen LogP contribution in [0.4, 0.5) is 0 Å². The second-order valence-electron chi connectivity index (χ2n) is 0. The summed E-state index contributed by atoms with van der Waals surface area (Å²) in [5.74, 6) is 0. The minimum atomic E-state index is 0. The molecule has 0 saturated carbocycles. The Kier molecular flexibility index (Phi) is 15800. The van der Waals surface area contributed by atoms with Crippen LogP contribution in [0.5, 0.6) is 0 Å². The zero-order valence-corrected chi connectivity index (χ0v) is 7.63. The van der Waals surface area contributed by atoms with Crippen LogP contribution in [0, 0.1) is 0 Å². The van der Waals surface area contributed by atoms with E-state index in [2.05, 4.69) is 0 Å². The summed E-state index contributed by atoms with van der Waals surface area (Å²) in [5, 5.41) is 0. The molecule has 0 aromatic carbocycles. The summed E-state index contributed by atoms with van der Waals surface area (Å²) in [7, 11) is 0. The average Bonchev–Trinajstić information content (AvgIpc) is 0. The number of hydrogen-bond donors (Lipinski definition) is 0. The van der Waals surface area contributed by atoms with E-state index in [4.69, 9.17) is 0 Å². The van der Waals surface area contributed by atoms with E-state index in [0.29, 0.717) is 0 Å². The van der Waals surface area contributed by atoms with Gasteiger partial charge in [0.1, 0.15) is 0 Å². The third-order valence-electron chi connectivity index (χ3n) is 0. The molecule has 0 radical (unpaired) electrons. The van der Waals surface area contributed by atoms with Gasteiger partial charge in [0, 0.05) is 0 Å². The molecular formula is H13O7Sr+. The Morgan fingerprint density at radius 1 is 0.375 bits per heavy atom. The fourth-order valence-electron chi connectivity index (χ4n) is 0. The van der Waals surface area contributed by atoms with Gasteiger partial charge in [0.25, 0.3) is 0 Å². The van der Waals surface area contributed by atoms with Crippen molar-refractivity contribution in [3.05, 3.63) is 0 Å². The van der Waals surface area contributed by atoms with Gasteiger partial charge in [-0.15, -0.1) is 0 Å². The van der Waals surface area contributed by atoms with Crippen molar-refractivity contribution in [3.8, 4) is 0 Å². The van der Waals surface area contributed by atoms with Gasteiger partial charge < -0.3 is 38.3 Å². The molecule has 0 bridgehead atoms. The SMILES string of the molecule is O.O.O.O.O.O.[OH-].[Sr+2]. The van der Waals surface area contributed by atoms with E-state index in [0.717, 1.165) is 0 Å². The van der Waals surface area contributed by atoms with Crippen molar-refractivity contribution in [3.63, 3.8) is 0 Å². The Labute approximate surface area is 83.1 Å². The van der Waals surface area contributed by atoms with Crippen LogP contribution in [-0.2, 0) is 0 Å². The Bertz CT molecular complexity index is 4.35. The van der Waals surface area contributed by atoms with E-state index >= 15 is 0 Å². The van der Waals surface area contributed by atoms with Crippen LogP contribution in [0.25, 0.3) is 0 Å². The van der Waals surface area contributed by atoms with Gasteiger partial charge in [0.05, 0.1) is 0 Å². The minimum Gasteiger partial charge on any atom is -0.870 e. The summed E-state index contributed by atoms with van der Waals surface area (Å²) >= 11 is 0. The molecule has 0 fully saturated rings. The first kappa shape index (κ1) is 429. The van der Waals surface area contributed by atoms with Gasteiger partial charge in [-0.05, 0) is 0 Å². The summed E-state index contributed by atoms with van der Waals surface area (Å²) in [6.45, 7) is 0. The first-order chi connectivity index (χ1) is 0. The molecule has 0 aromatic rings. The maximum absolute atomic E-state index is 0. The number of hydrogen-bond acceptors (Lipinski definition) is 1. The summed E-state index contributed by atoms with van der Waals surface area (Å²) in [5.41, 5.74) is 0. The molecule has 7 nitrogen and oxygen atoms in total. The molecular weight excluding hydrogens is 200 g/mol. The van der Waals surface area contributed by atoms with Gasteiger partial charge in [0.15, 0.2) is 0 Å². The van der Waals surface area contributed by atoms with Crippen molar-refractivity contribution in [1.29, 1.82) is 0 Å². The molecule has 0 aliphatic rings. The fraction of sp³-hybridized carbons (Fsp3) is 0. The molecule has 0 rings (SSSR count). The standard InChI is InChI=1S/7H2O.Sr/h7*1H2;/q;;;;;;;+2/p-1. The van der Waals surface area contributed by atoms with Gasteiger partial charge >= 0.3 is 45.5 Å². The molecule has 8 heavy (non-hydrogen) atoms. The molecule has 0 atom stereocenters. The van der Waals surface area contributed by atoms with Crippen molar-refractivity contribution in [1.82, 2.24) is 0 Å². The molecule has 0 spiro atoms. The van der Waals surface area contributed by atoms with Crippen molar-refractivity contribution in [2.24, 2.45) is 0 Å². The topological polar surface area (TPSA) is 219 Å². The van der Waals surface area contributed by atoms with Gasteiger partial charge in [-0.25, -0.2) is 0 Å². The smallest absolute Gasteiger partial charge is 0.870 e. The Hall–Kier alpha value is 1.20. The maximum Gasteiger partial charge on any atom is 2.00 e. The first-order valence-corrected chi connectivity index (χ1v) is 0. The van der Waals surface area contributed by atoms with E-state index < -0.39 is 0 Å². The molecule has 0 aliphatic heterocycles. The predicted molar refractivity (Wildman–Crippen MR) is 29.4 cm³/mol. The molecule has 0 aromatic heterocycles.